The fourth-order valence-corrected chi connectivity index (χ4v) is 1.97. The summed E-state index contributed by atoms with van der Waals surface area (Å²) in [4.78, 5) is 11.1. The smallest absolute Gasteiger partial charge is 0.309 e. The van der Waals surface area contributed by atoms with E-state index in [-0.39, 0.29) is 0 Å². The minimum atomic E-state index is -0.632. The monoisotopic (exact) mass is 250 g/mol. The highest BCUT2D eigenvalue weighted by atomic mass is 79.9. The molecule has 0 aliphatic carbocycles. The highest BCUT2D eigenvalue weighted by molar-refractivity contribution is 9.09. The summed E-state index contributed by atoms with van der Waals surface area (Å²) in [6, 6.07) is 0. The first-order valence-corrected chi connectivity index (χ1v) is 6.04. The van der Waals surface area contributed by atoms with Crippen LogP contribution in [0.5, 0.6) is 0 Å². The second-order valence-electron chi connectivity index (χ2n) is 3.44. The molecule has 0 saturated heterocycles. The summed E-state index contributed by atoms with van der Waals surface area (Å²) in [6.45, 7) is 3.93. The molecule has 0 amide bonds. The van der Waals surface area contributed by atoms with Crippen LogP contribution in [0.15, 0.2) is 0 Å². The summed E-state index contributed by atoms with van der Waals surface area (Å²) in [5.41, 5.74) is -0.470. The van der Waals surface area contributed by atoms with E-state index in [1.54, 1.807) is 0 Å². The molecular weight excluding hydrogens is 232 g/mol. The van der Waals surface area contributed by atoms with Gasteiger partial charge >= 0.3 is 5.97 Å². The predicted molar refractivity (Wildman–Crippen MR) is 58.3 cm³/mol. The van der Waals surface area contributed by atoms with Crippen molar-refractivity contribution in [3.8, 4) is 0 Å². The van der Waals surface area contributed by atoms with Gasteiger partial charge in [0, 0.05) is 5.33 Å². The van der Waals surface area contributed by atoms with Crippen molar-refractivity contribution in [1.82, 2.24) is 0 Å². The van der Waals surface area contributed by atoms with Crippen molar-refractivity contribution in [2.45, 2.75) is 46.0 Å². The fraction of sp³-hybridized carbons (Fsp3) is 0.900. The Balaban J connectivity index is 4.14. The molecule has 0 fully saturated rings. The van der Waals surface area contributed by atoms with Gasteiger partial charge in [-0.2, -0.15) is 0 Å². The molecule has 3 heteroatoms. The lowest BCUT2D eigenvalue weighted by Crippen LogP contribution is -2.29. The van der Waals surface area contributed by atoms with Gasteiger partial charge in [0.25, 0.3) is 0 Å². The zero-order valence-corrected chi connectivity index (χ0v) is 10.1. The molecule has 0 aliphatic heterocycles. The highest BCUT2D eigenvalue weighted by Gasteiger charge is 2.33. The van der Waals surface area contributed by atoms with Crippen LogP contribution in [0, 0.1) is 5.41 Å². The minimum absolute atomic E-state index is 0.470. The third-order valence-corrected chi connectivity index (χ3v) is 3.41. The van der Waals surface area contributed by atoms with E-state index in [0.717, 1.165) is 37.4 Å². The van der Waals surface area contributed by atoms with Gasteiger partial charge in [0.05, 0.1) is 5.41 Å². The van der Waals surface area contributed by atoms with Gasteiger partial charge in [-0.25, -0.2) is 0 Å². The van der Waals surface area contributed by atoms with Crippen molar-refractivity contribution in [2.75, 3.05) is 5.33 Å². The van der Waals surface area contributed by atoms with E-state index >= 15 is 0 Å². The van der Waals surface area contributed by atoms with Crippen LogP contribution < -0.4 is 0 Å². The molecule has 0 bridgehead atoms. The number of carboxylic acids is 1. The van der Waals surface area contributed by atoms with Gasteiger partial charge in [-0.05, 0) is 25.7 Å². The van der Waals surface area contributed by atoms with Gasteiger partial charge in [0.2, 0.25) is 0 Å². The first-order valence-electron chi connectivity index (χ1n) is 4.92. The highest BCUT2D eigenvalue weighted by Crippen LogP contribution is 2.32. The number of rotatable bonds is 7. The van der Waals surface area contributed by atoms with Crippen LogP contribution in [0.2, 0.25) is 0 Å². The molecule has 0 aromatic carbocycles. The van der Waals surface area contributed by atoms with E-state index in [4.69, 9.17) is 5.11 Å². The molecular formula is C10H19BrO2. The van der Waals surface area contributed by atoms with Gasteiger partial charge in [0.1, 0.15) is 0 Å². The number of carboxylic acid groups (broad SMARTS) is 1. The molecule has 78 valence electrons. The SMILES string of the molecule is CCC(CC)(CCCCBr)C(=O)O. The molecule has 0 heterocycles. The van der Waals surface area contributed by atoms with Gasteiger partial charge in [0.15, 0.2) is 0 Å². The third-order valence-electron chi connectivity index (χ3n) is 2.85. The molecule has 13 heavy (non-hydrogen) atoms. The van der Waals surface area contributed by atoms with Gasteiger partial charge in [-0.15, -0.1) is 0 Å². The lowest BCUT2D eigenvalue weighted by molar-refractivity contribution is -0.150. The quantitative estimate of drug-likeness (QED) is 0.555. The van der Waals surface area contributed by atoms with E-state index in [1.165, 1.54) is 0 Å². The van der Waals surface area contributed by atoms with Crippen LogP contribution in [0.4, 0.5) is 0 Å². The van der Waals surface area contributed by atoms with Gasteiger partial charge in [-0.3, -0.25) is 4.79 Å². The van der Waals surface area contributed by atoms with Crippen LogP contribution in [0.1, 0.15) is 46.0 Å². The van der Waals surface area contributed by atoms with Crippen molar-refractivity contribution in [3.63, 3.8) is 0 Å². The summed E-state index contributed by atoms with van der Waals surface area (Å²) in [7, 11) is 0. The first kappa shape index (κ1) is 12.9. The molecule has 0 atom stereocenters. The average molecular weight is 251 g/mol. The number of aliphatic carboxylic acids is 1. The Morgan fingerprint density at radius 2 is 1.85 bits per heavy atom. The molecule has 0 aromatic heterocycles. The number of carbonyl (C=O) groups is 1. The Hall–Kier alpha value is -0.0500. The van der Waals surface area contributed by atoms with Crippen LogP contribution >= 0.6 is 15.9 Å². The minimum Gasteiger partial charge on any atom is -0.481 e. The Morgan fingerprint density at radius 1 is 1.31 bits per heavy atom. The maximum absolute atomic E-state index is 11.1. The van der Waals surface area contributed by atoms with Crippen LogP contribution in [-0.2, 0) is 4.79 Å². The van der Waals surface area contributed by atoms with Crippen molar-refractivity contribution in [2.24, 2.45) is 5.41 Å². The van der Waals surface area contributed by atoms with Gasteiger partial charge in [-0.1, -0.05) is 36.2 Å². The lowest BCUT2D eigenvalue weighted by Gasteiger charge is -2.26. The zero-order chi connectivity index (χ0) is 10.3. The maximum Gasteiger partial charge on any atom is 0.309 e. The van der Waals surface area contributed by atoms with Crippen LogP contribution in [-0.4, -0.2) is 16.4 Å². The molecule has 0 unspecified atom stereocenters. The van der Waals surface area contributed by atoms with Crippen molar-refractivity contribution >= 4 is 21.9 Å². The maximum atomic E-state index is 11.1. The third kappa shape index (κ3) is 3.67. The largest absolute Gasteiger partial charge is 0.481 e. The van der Waals surface area contributed by atoms with Crippen molar-refractivity contribution in [3.05, 3.63) is 0 Å². The van der Waals surface area contributed by atoms with Gasteiger partial charge < -0.3 is 5.11 Å². The Morgan fingerprint density at radius 3 is 2.15 bits per heavy atom. The Labute approximate surface area is 88.8 Å². The second kappa shape index (κ2) is 6.41. The number of hydrogen-bond acceptors (Lipinski definition) is 1. The Bertz CT molecular complexity index is 153. The molecule has 1 N–H and O–H groups in total. The number of unbranched alkanes of at least 4 members (excludes halogenated alkanes) is 1. The van der Waals surface area contributed by atoms with E-state index in [2.05, 4.69) is 15.9 Å². The van der Waals surface area contributed by atoms with E-state index in [9.17, 15) is 4.79 Å². The second-order valence-corrected chi connectivity index (χ2v) is 4.23. The number of halogens is 1. The van der Waals surface area contributed by atoms with E-state index < -0.39 is 11.4 Å². The normalized spacial score (nSPS) is 11.6. The molecule has 0 aromatic rings. The average Bonchev–Trinajstić information content (AvgIpc) is 2.13. The summed E-state index contributed by atoms with van der Waals surface area (Å²) in [5.74, 6) is -0.632. The zero-order valence-electron chi connectivity index (χ0n) is 8.48. The predicted octanol–water partition coefficient (Wildman–Crippen LogP) is 3.44. The topological polar surface area (TPSA) is 37.3 Å². The fourth-order valence-electron chi connectivity index (χ4n) is 1.57. The first-order chi connectivity index (χ1) is 6.13. The number of hydrogen-bond donors (Lipinski definition) is 1. The molecule has 2 nitrogen and oxygen atoms in total. The molecule has 0 spiro atoms. The molecule has 0 radical (unpaired) electrons. The summed E-state index contributed by atoms with van der Waals surface area (Å²) >= 11 is 3.35. The lowest BCUT2D eigenvalue weighted by atomic mass is 9.78. The van der Waals surface area contributed by atoms with Crippen molar-refractivity contribution in [1.29, 1.82) is 0 Å². The van der Waals surface area contributed by atoms with E-state index in [0.29, 0.717) is 0 Å². The Kier molecular flexibility index (Phi) is 6.39. The standard InChI is InChI=1S/C10H19BrO2/c1-3-10(4-2,9(12)13)7-5-6-8-11/h3-8H2,1-2H3,(H,12,13). The van der Waals surface area contributed by atoms with Crippen LogP contribution in [0.25, 0.3) is 0 Å². The molecule has 0 rings (SSSR count). The summed E-state index contributed by atoms with van der Waals surface area (Å²) < 4.78 is 0. The van der Waals surface area contributed by atoms with Crippen molar-refractivity contribution < 1.29 is 9.90 Å². The van der Waals surface area contributed by atoms with E-state index in [1.807, 2.05) is 13.8 Å². The molecule has 0 aliphatic rings. The number of alkyl halides is 1. The summed E-state index contributed by atoms with van der Waals surface area (Å²) in [6.07, 6.45) is 4.34. The molecule has 0 saturated carbocycles. The summed E-state index contributed by atoms with van der Waals surface area (Å²) in [5, 5.41) is 10.1. The van der Waals surface area contributed by atoms with Crippen LogP contribution in [0.3, 0.4) is 0 Å².